The van der Waals surface area contributed by atoms with Gasteiger partial charge in [-0.2, -0.15) is 0 Å². The molecule has 21 heavy (non-hydrogen) atoms. The number of ether oxygens (including phenoxy) is 2. The Kier molecular flexibility index (Phi) is 9.34. The third-order valence-corrected chi connectivity index (χ3v) is 3.46. The Morgan fingerprint density at radius 1 is 1.00 bits per heavy atom. The molecule has 0 aliphatic rings. The van der Waals surface area contributed by atoms with Crippen molar-refractivity contribution in [1.29, 1.82) is 0 Å². The van der Waals surface area contributed by atoms with Crippen LogP contribution in [0.3, 0.4) is 0 Å². The molecule has 0 aromatic heterocycles. The number of unbranched alkanes of at least 4 members (excludes halogenated alkanes) is 6. The van der Waals surface area contributed by atoms with Crippen LogP contribution >= 0.6 is 0 Å². The second-order valence-corrected chi connectivity index (χ2v) is 5.50. The van der Waals surface area contributed by atoms with Gasteiger partial charge in [-0.05, 0) is 31.9 Å². The monoisotopic (exact) mass is 292 g/mol. The Bertz CT molecular complexity index is 375. The minimum atomic E-state index is -0.614. The zero-order chi connectivity index (χ0) is 15.3. The van der Waals surface area contributed by atoms with Crippen molar-refractivity contribution in [2.45, 2.75) is 71.3 Å². The first-order valence-corrected chi connectivity index (χ1v) is 8.16. The van der Waals surface area contributed by atoms with Crippen LogP contribution < -0.4 is 4.74 Å². The van der Waals surface area contributed by atoms with E-state index >= 15 is 0 Å². The maximum atomic E-state index is 11.6. The van der Waals surface area contributed by atoms with Crippen LogP contribution in [0.4, 0.5) is 4.79 Å². The summed E-state index contributed by atoms with van der Waals surface area (Å²) < 4.78 is 10.3. The highest BCUT2D eigenvalue weighted by atomic mass is 16.7. The third-order valence-electron chi connectivity index (χ3n) is 3.46. The van der Waals surface area contributed by atoms with E-state index in [2.05, 4.69) is 6.92 Å². The summed E-state index contributed by atoms with van der Waals surface area (Å²) in [6, 6.07) is 9.00. The Morgan fingerprint density at radius 3 is 2.29 bits per heavy atom. The molecule has 0 fully saturated rings. The third kappa shape index (κ3) is 9.11. The number of carbonyl (C=O) groups is 1. The van der Waals surface area contributed by atoms with Crippen molar-refractivity contribution in [3.63, 3.8) is 0 Å². The largest absolute Gasteiger partial charge is 0.514 e. The molecule has 3 nitrogen and oxygen atoms in total. The molecule has 0 amide bonds. The number of rotatable bonds is 10. The lowest BCUT2D eigenvalue weighted by Crippen LogP contribution is -2.18. The van der Waals surface area contributed by atoms with Gasteiger partial charge in [0.1, 0.15) is 11.9 Å². The molecule has 1 atom stereocenters. The summed E-state index contributed by atoms with van der Waals surface area (Å²) in [5.74, 6) is 0.519. The fourth-order valence-electron chi connectivity index (χ4n) is 2.22. The number of hydrogen-bond donors (Lipinski definition) is 0. The van der Waals surface area contributed by atoms with Crippen LogP contribution in [0.25, 0.3) is 0 Å². The first-order valence-electron chi connectivity index (χ1n) is 8.16. The number of hydrogen-bond acceptors (Lipinski definition) is 3. The normalized spacial score (nSPS) is 11.9. The fourth-order valence-corrected chi connectivity index (χ4v) is 2.22. The molecular weight excluding hydrogens is 264 g/mol. The topological polar surface area (TPSA) is 35.5 Å². The minimum Gasteiger partial charge on any atom is -0.431 e. The molecule has 118 valence electrons. The Hall–Kier alpha value is -1.51. The highest BCUT2D eigenvalue weighted by Crippen LogP contribution is 2.13. The molecule has 1 aromatic carbocycles. The van der Waals surface area contributed by atoms with Gasteiger partial charge in [0.2, 0.25) is 0 Å². The molecule has 0 heterocycles. The molecule has 1 rings (SSSR count). The van der Waals surface area contributed by atoms with Gasteiger partial charge >= 0.3 is 6.16 Å². The van der Waals surface area contributed by atoms with E-state index < -0.39 is 6.16 Å². The second-order valence-electron chi connectivity index (χ2n) is 5.50. The van der Waals surface area contributed by atoms with Gasteiger partial charge < -0.3 is 9.47 Å². The molecule has 0 N–H and O–H groups in total. The molecule has 1 unspecified atom stereocenters. The predicted molar refractivity (Wildman–Crippen MR) is 85.6 cm³/mol. The van der Waals surface area contributed by atoms with Crippen molar-refractivity contribution < 1.29 is 14.3 Å². The lowest BCUT2D eigenvalue weighted by atomic mass is 10.1. The standard InChI is InChI=1S/C18H28O3/c1-3-4-5-6-7-8-10-13-16(2)20-18(19)21-17-14-11-9-12-15-17/h9,11-12,14-16H,3-8,10,13H2,1-2H3. The van der Waals surface area contributed by atoms with Crippen molar-refractivity contribution in [1.82, 2.24) is 0 Å². The Labute approximate surface area is 128 Å². The molecular formula is C18H28O3. The molecule has 3 heteroatoms. The molecule has 0 aliphatic carbocycles. The van der Waals surface area contributed by atoms with E-state index in [0.717, 1.165) is 12.8 Å². The fraction of sp³-hybridized carbons (Fsp3) is 0.611. The van der Waals surface area contributed by atoms with Gasteiger partial charge in [0.05, 0.1) is 0 Å². The summed E-state index contributed by atoms with van der Waals surface area (Å²) in [6.07, 6.45) is 9.08. The van der Waals surface area contributed by atoms with Gasteiger partial charge in [-0.3, -0.25) is 0 Å². The predicted octanol–water partition coefficient (Wildman–Crippen LogP) is 5.73. The average Bonchev–Trinajstić information content (AvgIpc) is 2.47. The first kappa shape index (κ1) is 17.5. The summed E-state index contributed by atoms with van der Waals surface area (Å²) in [5, 5.41) is 0. The van der Waals surface area contributed by atoms with E-state index in [-0.39, 0.29) is 6.10 Å². The van der Waals surface area contributed by atoms with Crippen molar-refractivity contribution >= 4 is 6.16 Å². The van der Waals surface area contributed by atoms with Gasteiger partial charge in [-0.25, -0.2) is 4.79 Å². The van der Waals surface area contributed by atoms with Crippen molar-refractivity contribution in [2.24, 2.45) is 0 Å². The van der Waals surface area contributed by atoms with Gasteiger partial charge in [0.15, 0.2) is 0 Å². The first-order chi connectivity index (χ1) is 10.2. The lowest BCUT2D eigenvalue weighted by Gasteiger charge is -2.12. The maximum Gasteiger partial charge on any atom is 0.514 e. The molecule has 0 spiro atoms. The van der Waals surface area contributed by atoms with Gasteiger partial charge in [-0.15, -0.1) is 0 Å². The summed E-state index contributed by atoms with van der Waals surface area (Å²) in [6.45, 7) is 4.15. The summed E-state index contributed by atoms with van der Waals surface area (Å²) in [7, 11) is 0. The average molecular weight is 292 g/mol. The second kappa shape index (κ2) is 11.2. The molecule has 1 aromatic rings. The zero-order valence-electron chi connectivity index (χ0n) is 13.3. The van der Waals surface area contributed by atoms with E-state index in [0.29, 0.717) is 5.75 Å². The molecule has 0 saturated heterocycles. The highest BCUT2D eigenvalue weighted by Gasteiger charge is 2.11. The van der Waals surface area contributed by atoms with Gasteiger partial charge in [0.25, 0.3) is 0 Å². The van der Waals surface area contributed by atoms with Gasteiger partial charge in [0, 0.05) is 0 Å². The van der Waals surface area contributed by atoms with E-state index in [1.54, 1.807) is 12.1 Å². The van der Waals surface area contributed by atoms with E-state index in [1.165, 1.54) is 38.5 Å². The lowest BCUT2D eigenvalue weighted by molar-refractivity contribution is 0.0613. The Balaban J connectivity index is 2.05. The molecule has 0 aliphatic heterocycles. The minimum absolute atomic E-state index is 0.0862. The number of carbonyl (C=O) groups excluding carboxylic acids is 1. The van der Waals surface area contributed by atoms with Crippen LogP contribution in [-0.4, -0.2) is 12.3 Å². The number of para-hydroxylation sites is 1. The highest BCUT2D eigenvalue weighted by molar-refractivity contribution is 5.63. The molecule has 0 saturated carbocycles. The SMILES string of the molecule is CCCCCCCCCC(C)OC(=O)Oc1ccccc1. The van der Waals surface area contributed by atoms with Crippen LogP contribution in [-0.2, 0) is 4.74 Å². The van der Waals surface area contributed by atoms with Gasteiger partial charge in [-0.1, -0.05) is 63.6 Å². The van der Waals surface area contributed by atoms with E-state index in [9.17, 15) is 4.79 Å². The smallest absolute Gasteiger partial charge is 0.431 e. The molecule has 0 radical (unpaired) electrons. The van der Waals surface area contributed by atoms with Crippen molar-refractivity contribution in [3.8, 4) is 5.75 Å². The number of benzene rings is 1. The summed E-state index contributed by atoms with van der Waals surface area (Å²) >= 11 is 0. The van der Waals surface area contributed by atoms with Crippen molar-refractivity contribution in [3.05, 3.63) is 30.3 Å². The van der Waals surface area contributed by atoms with E-state index in [4.69, 9.17) is 9.47 Å². The van der Waals surface area contributed by atoms with Crippen LogP contribution in [0.2, 0.25) is 0 Å². The maximum absolute atomic E-state index is 11.6. The van der Waals surface area contributed by atoms with Crippen LogP contribution in [0.5, 0.6) is 5.75 Å². The van der Waals surface area contributed by atoms with Crippen LogP contribution in [0.15, 0.2) is 30.3 Å². The summed E-state index contributed by atoms with van der Waals surface area (Å²) in [4.78, 5) is 11.6. The van der Waals surface area contributed by atoms with Crippen molar-refractivity contribution in [2.75, 3.05) is 0 Å². The quantitative estimate of drug-likeness (QED) is 0.314. The van der Waals surface area contributed by atoms with Crippen LogP contribution in [0, 0.1) is 0 Å². The van der Waals surface area contributed by atoms with E-state index in [1.807, 2.05) is 25.1 Å². The summed E-state index contributed by atoms with van der Waals surface area (Å²) in [5.41, 5.74) is 0. The van der Waals surface area contributed by atoms with Crippen LogP contribution in [0.1, 0.15) is 65.2 Å². The zero-order valence-corrected chi connectivity index (χ0v) is 13.3. The Morgan fingerprint density at radius 2 is 1.62 bits per heavy atom. The molecule has 0 bridgehead atoms.